The molecule has 1 fully saturated rings. The van der Waals surface area contributed by atoms with Crippen molar-refractivity contribution in [2.24, 2.45) is 11.3 Å². The van der Waals surface area contributed by atoms with E-state index in [2.05, 4.69) is 11.4 Å². The van der Waals surface area contributed by atoms with Gasteiger partial charge in [-0.15, -0.1) is 0 Å². The molecule has 1 saturated heterocycles. The first-order valence-electron chi connectivity index (χ1n) is 5.91. The zero-order valence-corrected chi connectivity index (χ0v) is 11.5. The molecule has 4 heteroatoms. The third kappa shape index (κ3) is 2.78. The summed E-state index contributed by atoms with van der Waals surface area (Å²) in [6, 6.07) is 2.25. The Morgan fingerprint density at radius 3 is 2.35 bits per heavy atom. The highest BCUT2D eigenvalue weighted by molar-refractivity contribution is 5.76. The summed E-state index contributed by atoms with van der Waals surface area (Å²) in [4.78, 5) is 12.2. The molecule has 0 spiro atoms. The van der Waals surface area contributed by atoms with Crippen molar-refractivity contribution in [3.63, 3.8) is 0 Å². The second-order valence-electron chi connectivity index (χ2n) is 6.57. The van der Waals surface area contributed by atoms with Gasteiger partial charge in [0.25, 0.3) is 0 Å². The Bertz CT molecular complexity index is 363. The monoisotopic (exact) mass is 238 g/mol. The lowest BCUT2D eigenvalue weighted by Crippen LogP contribution is -2.46. The summed E-state index contributed by atoms with van der Waals surface area (Å²) in [5, 5.41) is 12.5. The van der Waals surface area contributed by atoms with Crippen molar-refractivity contribution in [2.75, 3.05) is 6.54 Å². The molecule has 0 aromatic carbocycles. The highest BCUT2D eigenvalue weighted by Gasteiger charge is 2.55. The van der Waals surface area contributed by atoms with Crippen LogP contribution in [0.5, 0.6) is 0 Å². The van der Waals surface area contributed by atoms with Crippen LogP contribution in [0.4, 0.5) is 0 Å². The second kappa shape index (κ2) is 3.99. The number of nitrogens with zero attached hydrogens (tertiary/aromatic N) is 1. The van der Waals surface area contributed by atoms with Gasteiger partial charge in [0.15, 0.2) is 0 Å². The number of carbonyl (C=O) groups is 1. The van der Waals surface area contributed by atoms with Crippen LogP contribution in [-0.2, 0) is 9.53 Å². The van der Waals surface area contributed by atoms with E-state index in [0.29, 0.717) is 6.54 Å². The van der Waals surface area contributed by atoms with E-state index in [1.54, 1.807) is 0 Å². The molecular weight excluding hydrogens is 216 g/mol. The maximum atomic E-state index is 12.2. The van der Waals surface area contributed by atoms with Gasteiger partial charge in [-0.2, -0.15) is 5.26 Å². The molecule has 1 heterocycles. The van der Waals surface area contributed by atoms with Crippen molar-refractivity contribution >= 4 is 5.97 Å². The molecule has 0 amide bonds. The third-order valence-corrected chi connectivity index (χ3v) is 3.17. The van der Waals surface area contributed by atoms with Gasteiger partial charge < -0.3 is 10.1 Å². The second-order valence-corrected chi connectivity index (χ2v) is 6.57. The quantitative estimate of drug-likeness (QED) is 0.708. The maximum absolute atomic E-state index is 12.2. The molecule has 1 aliphatic heterocycles. The number of esters is 1. The van der Waals surface area contributed by atoms with E-state index in [9.17, 15) is 10.1 Å². The molecule has 1 aliphatic rings. The van der Waals surface area contributed by atoms with Gasteiger partial charge in [-0.3, -0.25) is 4.79 Å². The largest absolute Gasteiger partial charge is 0.460 e. The van der Waals surface area contributed by atoms with Gasteiger partial charge in [-0.25, -0.2) is 0 Å². The predicted octanol–water partition coefficient (Wildman–Crippen LogP) is 1.86. The molecule has 0 aliphatic carbocycles. The molecule has 0 aromatic rings. The van der Waals surface area contributed by atoms with Crippen molar-refractivity contribution in [3.05, 3.63) is 0 Å². The van der Waals surface area contributed by atoms with Gasteiger partial charge in [0.2, 0.25) is 0 Å². The SMILES string of the molecule is CC(C)(C)OC(=O)C1C(C)(C#N)CNC1(C)C. The number of nitrogens with one attached hydrogen (secondary N) is 1. The van der Waals surface area contributed by atoms with Crippen LogP contribution in [0.3, 0.4) is 0 Å². The predicted molar refractivity (Wildman–Crippen MR) is 65.1 cm³/mol. The summed E-state index contributed by atoms with van der Waals surface area (Å²) >= 11 is 0. The highest BCUT2D eigenvalue weighted by Crippen LogP contribution is 2.41. The van der Waals surface area contributed by atoms with Gasteiger partial charge in [0.05, 0.1) is 17.4 Å². The summed E-state index contributed by atoms with van der Waals surface area (Å²) in [6.07, 6.45) is 0. The molecule has 0 saturated carbocycles. The van der Waals surface area contributed by atoms with Crippen LogP contribution in [0.15, 0.2) is 0 Å². The highest BCUT2D eigenvalue weighted by atomic mass is 16.6. The molecule has 0 bridgehead atoms. The van der Waals surface area contributed by atoms with Gasteiger partial charge >= 0.3 is 5.97 Å². The Kier molecular flexibility index (Phi) is 3.28. The lowest BCUT2D eigenvalue weighted by molar-refractivity contribution is -0.164. The summed E-state index contributed by atoms with van der Waals surface area (Å²) in [5.41, 5.74) is -1.63. The van der Waals surface area contributed by atoms with Crippen LogP contribution in [0, 0.1) is 22.7 Å². The molecule has 1 N–H and O–H groups in total. The maximum Gasteiger partial charge on any atom is 0.312 e. The smallest absolute Gasteiger partial charge is 0.312 e. The Morgan fingerprint density at radius 1 is 1.41 bits per heavy atom. The summed E-state index contributed by atoms with van der Waals surface area (Å²) in [5.74, 6) is -0.740. The van der Waals surface area contributed by atoms with Crippen LogP contribution in [0.1, 0.15) is 41.5 Å². The molecule has 1 rings (SSSR count). The van der Waals surface area contributed by atoms with Crippen molar-refractivity contribution in [3.8, 4) is 6.07 Å². The first-order valence-corrected chi connectivity index (χ1v) is 5.91. The van der Waals surface area contributed by atoms with Crippen molar-refractivity contribution < 1.29 is 9.53 Å². The molecule has 0 aromatic heterocycles. The molecule has 0 radical (unpaired) electrons. The zero-order chi connectivity index (χ0) is 13.5. The van der Waals surface area contributed by atoms with E-state index in [0.717, 1.165) is 0 Å². The minimum absolute atomic E-state index is 0.295. The van der Waals surface area contributed by atoms with E-state index in [-0.39, 0.29) is 5.97 Å². The van der Waals surface area contributed by atoms with Gasteiger partial charge in [-0.1, -0.05) is 0 Å². The minimum Gasteiger partial charge on any atom is -0.460 e. The number of carbonyl (C=O) groups excluding carboxylic acids is 1. The lowest BCUT2D eigenvalue weighted by Gasteiger charge is -2.33. The number of rotatable bonds is 1. The van der Waals surface area contributed by atoms with Crippen LogP contribution in [0.2, 0.25) is 0 Å². The number of hydrogen-bond donors (Lipinski definition) is 1. The van der Waals surface area contributed by atoms with Crippen LogP contribution >= 0.6 is 0 Å². The molecule has 2 unspecified atom stereocenters. The van der Waals surface area contributed by atoms with Crippen LogP contribution in [-0.4, -0.2) is 23.7 Å². The van der Waals surface area contributed by atoms with E-state index < -0.39 is 22.5 Å². The zero-order valence-electron chi connectivity index (χ0n) is 11.5. The Balaban J connectivity index is 3.00. The average Bonchev–Trinajstić information content (AvgIpc) is 2.35. The van der Waals surface area contributed by atoms with Crippen molar-refractivity contribution in [2.45, 2.75) is 52.7 Å². The van der Waals surface area contributed by atoms with Crippen LogP contribution in [0.25, 0.3) is 0 Å². The molecule has 2 atom stereocenters. The lowest BCUT2D eigenvalue weighted by atomic mass is 9.73. The fourth-order valence-electron chi connectivity index (χ4n) is 2.43. The molecule has 17 heavy (non-hydrogen) atoms. The fourth-order valence-corrected chi connectivity index (χ4v) is 2.43. The fraction of sp³-hybridized carbons (Fsp3) is 0.846. The van der Waals surface area contributed by atoms with E-state index in [1.807, 2.05) is 41.5 Å². The Hall–Kier alpha value is -1.08. The Labute approximate surface area is 103 Å². The normalized spacial score (nSPS) is 31.9. The van der Waals surface area contributed by atoms with Gasteiger partial charge in [-0.05, 0) is 41.5 Å². The van der Waals surface area contributed by atoms with E-state index in [1.165, 1.54) is 0 Å². The summed E-state index contributed by atoms with van der Waals surface area (Å²) in [7, 11) is 0. The molecule has 96 valence electrons. The molecular formula is C13H22N2O2. The molecule has 4 nitrogen and oxygen atoms in total. The van der Waals surface area contributed by atoms with E-state index >= 15 is 0 Å². The number of ether oxygens (including phenoxy) is 1. The Morgan fingerprint density at radius 2 is 1.94 bits per heavy atom. The average molecular weight is 238 g/mol. The minimum atomic E-state index is -0.703. The van der Waals surface area contributed by atoms with Gasteiger partial charge in [0, 0.05) is 12.1 Å². The first-order chi connectivity index (χ1) is 7.52. The number of hydrogen-bond acceptors (Lipinski definition) is 4. The van der Waals surface area contributed by atoms with E-state index in [4.69, 9.17) is 4.74 Å². The first kappa shape index (κ1) is 14.0. The topological polar surface area (TPSA) is 62.1 Å². The van der Waals surface area contributed by atoms with Crippen LogP contribution < -0.4 is 5.32 Å². The summed E-state index contributed by atoms with van der Waals surface area (Å²) in [6.45, 7) is 11.7. The summed E-state index contributed by atoms with van der Waals surface area (Å²) < 4.78 is 5.42. The van der Waals surface area contributed by atoms with Crippen molar-refractivity contribution in [1.29, 1.82) is 5.26 Å². The van der Waals surface area contributed by atoms with Crippen molar-refractivity contribution in [1.82, 2.24) is 5.32 Å². The third-order valence-electron chi connectivity index (χ3n) is 3.17. The number of nitriles is 1. The van der Waals surface area contributed by atoms with Gasteiger partial charge in [0.1, 0.15) is 5.60 Å². The standard InChI is InChI=1S/C13H22N2O2/c1-11(2,3)17-10(16)9-12(4,5)15-8-13(9,6)7-14/h9,15H,8H2,1-6H3.